The van der Waals surface area contributed by atoms with Gasteiger partial charge < -0.3 is 9.80 Å². The molecule has 0 aromatic carbocycles. The van der Waals surface area contributed by atoms with Gasteiger partial charge >= 0.3 is 0 Å². The summed E-state index contributed by atoms with van der Waals surface area (Å²) in [6.45, 7) is 5.69. The van der Waals surface area contributed by atoms with Crippen molar-refractivity contribution in [3.8, 4) is 0 Å². The van der Waals surface area contributed by atoms with Gasteiger partial charge in [0.05, 0.1) is 0 Å². The Kier molecular flexibility index (Phi) is 4.79. The van der Waals surface area contributed by atoms with E-state index in [4.69, 9.17) is 4.98 Å². The molecule has 4 nitrogen and oxygen atoms in total. The van der Waals surface area contributed by atoms with Crippen molar-refractivity contribution >= 4 is 21.7 Å². The van der Waals surface area contributed by atoms with Crippen LogP contribution in [-0.4, -0.2) is 47.6 Å². The summed E-state index contributed by atoms with van der Waals surface area (Å²) in [5.74, 6) is 2.86. The number of likely N-dealkylation sites (tertiary alicyclic amines) is 1. The molecule has 3 rings (SSSR count). The maximum absolute atomic E-state index is 4.77. The zero-order valence-electron chi connectivity index (χ0n) is 13.1. The molecule has 0 radical (unpaired) electrons. The van der Waals surface area contributed by atoms with Crippen LogP contribution < -0.4 is 4.90 Å². The summed E-state index contributed by atoms with van der Waals surface area (Å²) in [6.07, 6.45) is 5.99. The second kappa shape index (κ2) is 6.61. The summed E-state index contributed by atoms with van der Waals surface area (Å²) in [5, 5.41) is 0. The summed E-state index contributed by atoms with van der Waals surface area (Å²) in [7, 11) is 2.28. The molecule has 2 atom stereocenters. The molecule has 1 aromatic heterocycles. The number of anilines is 1. The predicted octanol–water partition coefficient (Wildman–Crippen LogP) is 3.11. The Morgan fingerprint density at radius 1 is 1.29 bits per heavy atom. The van der Waals surface area contributed by atoms with Gasteiger partial charge in [-0.3, -0.25) is 0 Å². The van der Waals surface area contributed by atoms with Crippen LogP contribution in [0.3, 0.4) is 0 Å². The van der Waals surface area contributed by atoms with Crippen molar-refractivity contribution in [1.29, 1.82) is 0 Å². The van der Waals surface area contributed by atoms with E-state index in [0.717, 1.165) is 54.1 Å². The highest BCUT2D eigenvalue weighted by Gasteiger charge is 2.34. The molecule has 3 heterocycles. The summed E-state index contributed by atoms with van der Waals surface area (Å²) < 4.78 is 0.916. The minimum Gasteiger partial charge on any atom is -0.356 e. The fourth-order valence-corrected chi connectivity index (χ4v) is 4.22. The largest absolute Gasteiger partial charge is 0.356 e. The number of hydrogen-bond donors (Lipinski definition) is 0. The van der Waals surface area contributed by atoms with Crippen LogP contribution in [0.15, 0.2) is 10.7 Å². The monoisotopic (exact) mass is 352 g/mol. The van der Waals surface area contributed by atoms with Crippen LogP contribution >= 0.6 is 15.9 Å². The molecular formula is C16H25BrN4. The second-order valence-electron chi connectivity index (χ2n) is 6.40. The van der Waals surface area contributed by atoms with Gasteiger partial charge in [0.15, 0.2) is 0 Å². The van der Waals surface area contributed by atoms with Crippen molar-refractivity contribution in [3.05, 3.63) is 16.5 Å². The third-order valence-electron chi connectivity index (χ3n) is 4.87. The first-order valence-corrected chi connectivity index (χ1v) is 8.95. The number of hydrogen-bond acceptors (Lipinski definition) is 4. The number of piperidine rings is 2. The van der Waals surface area contributed by atoms with Crippen molar-refractivity contribution in [2.75, 3.05) is 31.6 Å². The first-order chi connectivity index (χ1) is 10.2. The molecule has 2 saturated heterocycles. The van der Waals surface area contributed by atoms with E-state index < -0.39 is 0 Å². The van der Waals surface area contributed by atoms with E-state index in [9.17, 15) is 0 Å². The zero-order chi connectivity index (χ0) is 14.8. The molecule has 0 aliphatic carbocycles. The lowest BCUT2D eigenvalue weighted by atomic mass is 9.84. The standard InChI is InChI=1S/C16H25BrN4/c1-3-5-15-18-14(17)10-16(19-15)21-9-7-13-12(11-21)6-4-8-20(13)2/h10,12-13H,3-9,11H2,1-2H3. The topological polar surface area (TPSA) is 32.3 Å². The van der Waals surface area contributed by atoms with Gasteiger partial charge in [0, 0.05) is 31.6 Å². The summed E-state index contributed by atoms with van der Waals surface area (Å²) in [5.41, 5.74) is 0. The van der Waals surface area contributed by atoms with Gasteiger partial charge in [-0.05, 0) is 61.1 Å². The molecular weight excluding hydrogens is 328 g/mol. The highest BCUT2D eigenvalue weighted by atomic mass is 79.9. The van der Waals surface area contributed by atoms with E-state index in [2.05, 4.69) is 50.8 Å². The molecule has 5 heteroatoms. The number of aryl methyl sites for hydroxylation is 1. The molecule has 1 aromatic rings. The van der Waals surface area contributed by atoms with Crippen LogP contribution in [-0.2, 0) is 6.42 Å². The Balaban J connectivity index is 1.75. The Hall–Kier alpha value is -0.680. The van der Waals surface area contributed by atoms with Crippen molar-refractivity contribution < 1.29 is 0 Å². The third-order valence-corrected chi connectivity index (χ3v) is 5.28. The van der Waals surface area contributed by atoms with Gasteiger partial charge in [-0.15, -0.1) is 0 Å². The molecule has 0 saturated carbocycles. The summed E-state index contributed by atoms with van der Waals surface area (Å²) in [6, 6.07) is 2.85. The molecule has 116 valence electrons. The quantitative estimate of drug-likeness (QED) is 0.782. The number of halogens is 1. The average molecular weight is 353 g/mol. The van der Waals surface area contributed by atoms with Crippen LogP contribution in [0, 0.1) is 5.92 Å². The van der Waals surface area contributed by atoms with E-state index >= 15 is 0 Å². The second-order valence-corrected chi connectivity index (χ2v) is 7.21. The summed E-state index contributed by atoms with van der Waals surface area (Å²) >= 11 is 3.54. The average Bonchev–Trinajstić information content (AvgIpc) is 2.47. The molecule has 21 heavy (non-hydrogen) atoms. The van der Waals surface area contributed by atoms with Gasteiger partial charge in [0.1, 0.15) is 16.2 Å². The molecule has 0 amide bonds. The fourth-order valence-electron chi connectivity index (χ4n) is 3.81. The van der Waals surface area contributed by atoms with Crippen molar-refractivity contribution in [2.24, 2.45) is 5.92 Å². The predicted molar refractivity (Wildman–Crippen MR) is 89.7 cm³/mol. The third kappa shape index (κ3) is 3.39. The van der Waals surface area contributed by atoms with Crippen LogP contribution in [0.25, 0.3) is 0 Å². The van der Waals surface area contributed by atoms with Crippen LogP contribution in [0.1, 0.15) is 38.4 Å². The minimum absolute atomic E-state index is 0.774. The Morgan fingerprint density at radius 2 is 2.14 bits per heavy atom. The van der Waals surface area contributed by atoms with E-state index in [0.29, 0.717) is 0 Å². The van der Waals surface area contributed by atoms with Gasteiger partial charge in [-0.2, -0.15) is 0 Å². The molecule has 0 bridgehead atoms. The SMILES string of the molecule is CCCc1nc(Br)cc(N2CCC3C(CCCN3C)C2)n1. The number of rotatable bonds is 3. The molecule has 2 unspecified atom stereocenters. The van der Waals surface area contributed by atoms with Gasteiger partial charge in [0.2, 0.25) is 0 Å². The normalized spacial score (nSPS) is 26.7. The Morgan fingerprint density at radius 3 is 2.95 bits per heavy atom. The number of nitrogens with zero attached hydrogens (tertiary/aromatic N) is 4. The van der Waals surface area contributed by atoms with Crippen LogP contribution in [0.2, 0.25) is 0 Å². The Bertz CT molecular complexity index is 493. The minimum atomic E-state index is 0.774. The molecule has 0 N–H and O–H groups in total. The van der Waals surface area contributed by atoms with Gasteiger partial charge in [-0.25, -0.2) is 9.97 Å². The van der Waals surface area contributed by atoms with Gasteiger partial charge in [-0.1, -0.05) is 6.92 Å². The van der Waals surface area contributed by atoms with E-state index in [1.54, 1.807) is 0 Å². The lowest BCUT2D eigenvalue weighted by Gasteiger charge is -2.46. The van der Waals surface area contributed by atoms with Crippen molar-refractivity contribution in [3.63, 3.8) is 0 Å². The van der Waals surface area contributed by atoms with Crippen LogP contribution in [0.5, 0.6) is 0 Å². The van der Waals surface area contributed by atoms with Crippen molar-refractivity contribution in [1.82, 2.24) is 14.9 Å². The van der Waals surface area contributed by atoms with E-state index in [-0.39, 0.29) is 0 Å². The highest BCUT2D eigenvalue weighted by Crippen LogP contribution is 2.31. The lowest BCUT2D eigenvalue weighted by Crippen LogP contribution is -2.53. The maximum atomic E-state index is 4.77. The number of fused-ring (bicyclic) bond motifs is 1. The first kappa shape index (κ1) is 15.2. The highest BCUT2D eigenvalue weighted by molar-refractivity contribution is 9.10. The van der Waals surface area contributed by atoms with Crippen molar-refractivity contribution in [2.45, 2.75) is 45.1 Å². The van der Waals surface area contributed by atoms with Crippen LogP contribution in [0.4, 0.5) is 5.82 Å². The molecule has 2 aliphatic rings. The smallest absolute Gasteiger partial charge is 0.133 e. The maximum Gasteiger partial charge on any atom is 0.133 e. The Labute approximate surface area is 136 Å². The molecule has 2 aliphatic heterocycles. The molecule has 0 spiro atoms. The van der Waals surface area contributed by atoms with E-state index in [1.165, 1.54) is 25.8 Å². The summed E-state index contributed by atoms with van der Waals surface area (Å²) in [4.78, 5) is 14.3. The number of aromatic nitrogens is 2. The van der Waals surface area contributed by atoms with Gasteiger partial charge in [0.25, 0.3) is 0 Å². The first-order valence-electron chi connectivity index (χ1n) is 8.16. The lowest BCUT2D eigenvalue weighted by molar-refractivity contribution is 0.102. The van der Waals surface area contributed by atoms with E-state index in [1.807, 2.05) is 0 Å². The molecule has 2 fully saturated rings. The zero-order valence-corrected chi connectivity index (χ0v) is 14.6. The fraction of sp³-hybridized carbons (Fsp3) is 0.750.